The topological polar surface area (TPSA) is 49.9 Å². The van der Waals surface area contributed by atoms with Gasteiger partial charge in [-0.05, 0) is 18.1 Å². The highest BCUT2D eigenvalue weighted by Crippen LogP contribution is 2.37. The molecule has 0 aromatic heterocycles. The molecule has 0 N–H and O–H groups in total. The first-order chi connectivity index (χ1) is 13.3. The largest absolute Gasteiger partial charge is 0.444 e. The van der Waals surface area contributed by atoms with Gasteiger partial charge < -0.3 is 9.64 Å². The second-order valence-corrected chi connectivity index (χ2v) is 8.30. The third-order valence-electron chi connectivity index (χ3n) is 5.07. The van der Waals surface area contributed by atoms with Crippen LogP contribution in [0.2, 0.25) is 0 Å². The Bertz CT molecular complexity index is 815. The van der Waals surface area contributed by atoms with Crippen molar-refractivity contribution in [2.75, 3.05) is 6.54 Å². The van der Waals surface area contributed by atoms with Crippen LogP contribution >= 0.6 is 0 Å². The van der Waals surface area contributed by atoms with Crippen molar-refractivity contribution in [3.8, 4) is 0 Å². The van der Waals surface area contributed by atoms with Crippen LogP contribution in [0.1, 0.15) is 44.9 Å². The molecule has 1 fully saturated rings. The first kappa shape index (κ1) is 19.9. The maximum absolute atomic E-state index is 12.9. The molecule has 0 bridgehead atoms. The zero-order valence-electron chi connectivity index (χ0n) is 17.0. The molecule has 0 radical (unpaired) electrons. The minimum Gasteiger partial charge on any atom is -0.444 e. The molecular weight excluding hydrogens is 352 g/mol. The van der Waals surface area contributed by atoms with Crippen LogP contribution in [0.15, 0.2) is 60.7 Å². The fourth-order valence-electron chi connectivity index (χ4n) is 3.77. The van der Waals surface area contributed by atoms with E-state index in [0.29, 0.717) is 0 Å². The van der Waals surface area contributed by atoms with Gasteiger partial charge in [0.05, 0.1) is 6.04 Å². The summed E-state index contributed by atoms with van der Waals surface area (Å²) in [5, 5.41) is 0. The summed E-state index contributed by atoms with van der Waals surface area (Å²) in [5.74, 6) is -0.0621. The van der Waals surface area contributed by atoms with Gasteiger partial charge in [0.1, 0.15) is 19.3 Å². The Morgan fingerprint density at radius 1 is 1.07 bits per heavy atom. The number of carbonyl (C=O) groups excluding carboxylic acids is 2. The maximum Gasteiger partial charge on any atom is 0.412 e. The van der Waals surface area contributed by atoms with Gasteiger partial charge in [-0.2, -0.15) is 0 Å². The zero-order chi connectivity index (χ0) is 20.3. The predicted octanol–water partition coefficient (Wildman–Crippen LogP) is 4.60. The summed E-state index contributed by atoms with van der Waals surface area (Å²) in [6, 6.07) is 19.3. The van der Waals surface area contributed by atoms with Gasteiger partial charge in [0.2, 0.25) is 5.91 Å². The van der Waals surface area contributed by atoms with Gasteiger partial charge in [0.25, 0.3) is 0 Å². The molecule has 148 valence electrons. The van der Waals surface area contributed by atoms with Crippen LogP contribution in [0, 0.1) is 5.41 Å². The van der Waals surface area contributed by atoms with Crippen molar-refractivity contribution < 1.29 is 14.3 Å². The van der Waals surface area contributed by atoms with Crippen molar-refractivity contribution >= 4 is 12.0 Å². The molecule has 0 spiro atoms. The lowest BCUT2D eigenvalue weighted by atomic mass is 9.90. The molecule has 5 heteroatoms. The van der Waals surface area contributed by atoms with Gasteiger partial charge in [-0.1, -0.05) is 81.4 Å². The average Bonchev–Trinajstić information content (AvgIpc) is 3.04. The van der Waals surface area contributed by atoms with E-state index in [4.69, 9.17) is 4.74 Å². The number of benzene rings is 2. The highest BCUT2D eigenvalue weighted by atomic mass is 16.6. The van der Waals surface area contributed by atoms with Crippen molar-refractivity contribution in [3.63, 3.8) is 0 Å². The Kier molecular flexibility index (Phi) is 5.73. The molecule has 2 aromatic rings. The highest BCUT2D eigenvalue weighted by molar-refractivity contribution is 5.86. The molecule has 2 aromatic carbocycles. The first-order valence-corrected chi connectivity index (χ1v) is 9.62. The molecule has 3 rings (SSSR count). The summed E-state index contributed by atoms with van der Waals surface area (Å²) >= 11 is 0. The van der Waals surface area contributed by atoms with Crippen LogP contribution in [-0.4, -0.2) is 34.5 Å². The van der Waals surface area contributed by atoms with E-state index in [2.05, 4.69) is 0 Å². The Morgan fingerprint density at radius 3 is 2.21 bits per heavy atom. The third-order valence-corrected chi connectivity index (χ3v) is 5.07. The number of carbonyl (C=O) groups is 2. The van der Waals surface area contributed by atoms with Crippen molar-refractivity contribution in [1.29, 1.82) is 0 Å². The number of hydrogen-bond donors (Lipinski definition) is 0. The lowest BCUT2D eigenvalue weighted by molar-refractivity contribution is -0.132. The van der Waals surface area contributed by atoms with Gasteiger partial charge in [-0.15, -0.1) is 0 Å². The molecule has 5 nitrogen and oxygen atoms in total. The van der Waals surface area contributed by atoms with E-state index in [1.54, 1.807) is 4.90 Å². The second kappa shape index (κ2) is 8.05. The summed E-state index contributed by atoms with van der Waals surface area (Å²) in [4.78, 5) is 29.1. The normalized spacial score (nSPS) is 18.3. The monoisotopic (exact) mass is 380 g/mol. The SMILES string of the molecule is C[C@@H](c1ccccc1)N1C(=O)CN(C(=O)OCc2ccccc2)[C@@H]1C(C)(C)C. The quantitative estimate of drug-likeness (QED) is 0.779. The smallest absolute Gasteiger partial charge is 0.412 e. The molecule has 1 aliphatic heterocycles. The Morgan fingerprint density at radius 2 is 1.64 bits per heavy atom. The molecule has 2 atom stereocenters. The number of amides is 2. The van der Waals surface area contributed by atoms with E-state index >= 15 is 0 Å². The van der Waals surface area contributed by atoms with E-state index in [9.17, 15) is 9.59 Å². The van der Waals surface area contributed by atoms with Crippen molar-refractivity contribution in [3.05, 3.63) is 71.8 Å². The molecule has 1 aliphatic rings. The van der Waals surface area contributed by atoms with Crippen LogP contribution in [0.3, 0.4) is 0 Å². The first-order valence-electron chi connectivity index (χ1n) is 9.62. The lowest BCUT2D eigenvalue weighted by Gasteiger charge is -2.41. The summed E-state index contributed by atoms with van der Waals surface area (Å²) in [6.45, 7) is 8.35. The van der Waals surface area contributed by atoms with E-state index in [1.165, 1.54) is 0 Å². The van der Waals surface area contributed by atoms with E-state index < -0.39 is 6.09 Å². The number of rotatable bonds is 4. The molecular formula is C23H28N2O3. The predicted molar refractivity (Wildman–Crippen MR) is 108 cm³/mol. The molecule has 1 saturated heterocycles. The summed E-state index contributed by atoms with van der Waals surface area (Å²) < 4.78 is 5.53. The lowest BCUT2D eigenvalue weighted by Crippen LogP contribution is -2.51. The molecule has 2 amide bonds. The molecule has 0 aliphatic carbocycles. The fraction of sp³-hybridized carbons (Fsp3) is 0.391. The highest BCUT2D eigenvalue weighted by Gasteiger charge is 2.49. The van der Waals surface area contributed by atoms with E-state index in [1.807, 2.05) is 93.3 Å². The van der Waals surface area contributed by atoms with Gasteiger partial charge >= 0.3 is 6.09 Å². The second-order valence-electron chi connectivity index (χ2n) is 8.30. The summed E-state index contributed by atoms with van der Waals surface area (Å²) in [7, 11) is 0. The minimum atomic E-state index is -0.458. The fourth-order valence-corrected chi connectivity index (χ4v) is 3.77. The summed E-state index contributed by atoms with van der Waals surface area (Å²) in [6.07, 6.45) is -0.835. The van der Waals surface area contributed by atoms with Crippen molar-refractivity contribution in [2.24, 2.45) is 5.41 Å². The van der Waals surface area contributed by atoms with E-state index in [0.717, 1.165) is 11.1 Å². The van der Waals surface area contributed by atoms with Crippen molar-refractivity contribution in [1.82, 2.24) is 9.80 Å². The van der Waals surface area contributed by atoms with Gasteiger partial charge in [0.15, 0.2) is 0 Å². The zero-order valence-corrected chi connectivity index (χ0v) is 17.0. The Hall–Kier alpha value is -2.82. The summed E-state index contributed by atoms with van der Waals surface area (Å²) in [5.41, 5.74) is 1.65. The standard InChI is InChI=1S/C23H28N2O3/c1-17(19-13-9-6-10-14-19)25-20(26)15-24(21(25)23(2,3)4)22(27)28-16-18-11-7-5-8-12-18/h5-14,17,21H,15-16H2,1-4H3/t17-,21-/m0/s1. The average molecular weight is 380 g/mol. The van der Waals surface area contributed by atoms with E-state index in [-0.39, 0.29) is 36.7 Å². The van der Waals surface area contributed by atoms with Gasteiger partial charge in [0, 0.05) is 5.41 Å². The molecule has 1 heterocycles. The van der Waals surface area contributed by atoms with Crippen LogP contribution in [0.5, 0.6) is 0 Å². The minimum absolute atomic E-state index is 0.0345. The maximum atomic E-state index is 12.9. The number of hydrogen-bond acceptors (Lipinski definition) is 3. The van der Waals surface area contributed by atoms with Crippen LogP contribution in [0.4, 0.5) is 4.79 Å². The molecule has 0 saturated carbocycles. The third kappa shape index (κ3) is 4.19. The van der Waals surface area contributed by atoms with Crippen LogP contribution < -0.4 is 0 Å². The Balaban J connectivity index is 1.81. The van der Waals surface area contributed by atoms with Gasteiger partial charge in [-0.25, -0.2) is 4.79 Å². The van der Waals surface area contributed by atoms with Crippen molar-refractivity contribution in [2.45, 2.75) is 46.5 Å². The molecule has 0 unspecified atom stereocenters. The number of ether oxygens (including phenoxy) is 1. The number of nitrogens with zero attached hydrogens (tertiary/aromatic N) is 2. The van der Waals surface area contributed by atoms with Gasteiger partial charge in [-0.3, -0.25) is 9.69 Å². The van der Waals surface area contributed by atoms with Crippen LogP contribution in [-0.2, 0) is 16.1 Å². The van der Waals surface area contributed by atoms with Crippen LogP contribution in [0.25, 0.3) is 0 Å². The Labute approximate surface area is 166 Å². The molecule has 28 heavy (non-hydrogen) atoms.